The molecule has 0 aromatic carbocycles. The molecule has 0 bridgehead atoms. The van der Waals surface area contributed by atoms with Crippen LogP contribution in [0, 0.1) is 0 Å². The first-order valence-corrected chi connectivity index (χ1v) is 7.57. The highest BCUT2D eigenvalue weighted by atomic mass is 32.2. The largest absolute Gasteiger partial charge is 0.481 e. The van der Waals surface area contributed by atoms with E-state index < -0.39 is 16.0 Å². The number of nitrogens with zero attached hydrogens (tertiary/aromatic N) is 2. The number of carbonyl (C=O) groups is 1. The van der Waals surface area contributed by atoms with Gasteiger partial charge in [0.15, 0.2) is 0 Å². The number of hydrogen-bond acceptors (Lipinski definition) is 4. The third-order valence-electron chi connectivity index (χ3n) is 3.31. The van der Waals surface area contributed by atoms with E-state index in [0.29, 0.717) is 0 Å². The SMILES string of the molecule is CC1(NS(=O)(=O)c2cnn(CCC(=O)O)c2)CCC1. The number of carboxylic acid groups (broad SMARTS) is 1. The van der Waals surface area contributed by atoms with Crippen molar-refractivity contribution in [3.63, 3.8) is 0 Å². The van der Waals surface area contributed by atoms with Crippen LogP contribution in [0.1, 0.15) is 32.6 Å². The molecule has 2 N–H and O–H groups in total. The molecular weight excluding hydrogens is 270 g/mol. The van der Waals surface area contributed by atoms with Gasteiger partial charge >= 0.3 is 5.97 Å². The van der Waals surface area contributed by atoms with Gasteiger partial charge in [-0.15, -0.1) is 0 Å². The first-order valence-electron chi connectivity index (χ1n) is 6.09. The van der Waals surface area contributed by atoms with Gasteiger partial charge in [0.25, 0.3) is 0 Å². The Bertz CT molecular complexity index is 575. The Hall–Kier alpha value is -1.41. The standard InChI is InChI=1S/C11H17N3O4S/c1-11(4-2-5-11)13-19(17,18)9-7-12-14(8-9)6-3-10(15)16/h7-8,13H,2-6H2,1H3,(H,15,16). The lowest BCUT2D eigenvalue weighted by atomic mass is 9.80. The minimum Gasteiger partial charge on any atom is -0.481 e. The molecule has 1 aliphatic carbocycles. The summed E-state index contributed by atoms with van der Waals surface area (Å²) in [6, 6.07) is 0. The molecule has 8 heteroatoms. The van der Waals surface area contributed by atoms with Crippen molar-refractivity contribution in [2.45, 2.75) is 49.6 Å². The monoisotopic (exact) mass is 287 g/mol. The van der Waals surface area contributed by atoms with Crippen LogP contribution in [0.15, 0.2) is 17.3 Å². The quantitative estimate of drug-likeness (QED) is 0.797. The van der Waals surface area contributed by atoms with Crippen LogP contribution < -0.4 is 4.72 Å². The lowest BCUT2D eigenvalue weighted by molar-refractivity contribution is -0.137. The molecule has 2 rings (SSSR count). The number of aliphatic carboxylic acids is 1. The van der Waals surface area contributed by atoms with E-state index in [1.54, 1.807) is 0 Å². The molecule has 0 aliphatic heterocycles. The molecule has 1 aliphatic rings. The molecule has 1 heterocycles. The predicted octanol–water partition coefficient (Wildman–Crippen LogP) is 0.579. The van der Waals surface area contributed by atoms with Crippen LogP contribution in [0.3, 0.4) is 0 Å². The summed E-state index contributed by atoms with van der Waals surface area (Å²) in [6.45, 7) is 2.03. The fraction of sp³-hybridized carbons (Fsp3) is 0.636. The topological polar surface area (TPSA) is 101 Å². The van der Waals surface area contributed by atoms with E-state index in [-0.39, 0.29) is 23.4 Å². The maximum Gasteiger partial charge on any atom is 0.305 e. The molecule has 1 aromatic heterocycles. The Balaban J connectivity index is 2.06. The van der Waals surface area contributed by atoms with E-state index in [1.807, 2.05) is 6.92 Å². The van der Waals surface area contributed by atoms with E-state index in [2.05, 4.69) is 9.82 Å². The molecule has 7 nitrogen and oxygen atoms in total. The zero-order valence-electron chi connectivity index (χ0n) is 10.7. The highest BCUT2D eigenvalue weighted by molar-refractivity contribution is 7.89. The van der Waals surface area contributed by atoms with Crippen LogP contribution in [-0.2, 0) is 21.4 Å². The normalized spacial score (nSPS) is 17.9. The summed E-state index contributed by atoms with van der Waals surface area (Å²) in [5.74, 6) is -0.944. The van der Waals surface area contributed by atoms with Crippen molar-refractivity contribution in [3.05, 3.63) is 12.4 Å². The second-order valence-electron chi connectivity index (χ2n) is 5.10. The summed E-state index contributed by atoms with van der Waals surface area (Å²) >= 11 is 0. The summed E-state index contributed by atoms with van der Waals surface area (Å²) in [5.41, 5.74) is -0.359. The molecule has 0 spiro atoms. The predicted molar refractivity (Wildman–Crippen MR) is 67.1 cm³/mol. The molecule has 1 aromatic rings. The van der Waals surface area contributed by atoms with Crippen LogP contribution in [0.2, 0.25) is 0 Å². The first kappa shape index (κ1) is 14.0. The third kappa shape index (κ3) is 3.32. The molecule has 0 amide bonds. The van der Waals surface area contributed by atoms with Crippen molar-refractivity contribution in [3.8, 4) is 0 Å². The maximum absolute atomic E-state index is 12.1. The number of aromatic nitrogens is 2. The first-order chi connectivity index (χ1) is 8.81. The van der Waals surface area contributed by atoms with Crippen molar-refractivity contribution >= 4 is 16.0 Å². The van der Waals surface area contributed by atoms with Gasteiger partial charge in [0.2, 0.25) is 10.0 Å². The summed E-state index contributed by atoms with van der Waals surface area (Å²) < 4.78 is 28.2. The molecular formula is C11H17N3O4S. The second kappa shape index (κ2) is 4.93. The van der Waals surface area contributed by atoms with Gasteiger partial charge in [0, 0.05) is 11.7 Å². The van der Waals surface area contributed by atoms with Gasteiger partial charge in [0.05, 0.1) is 19.2 Å². The van der Waals surface area contributed by atoms with Crippen LogP contribution in [0.4, 0.5) is 0 Å². The van der Waals surface area contributed by atoms with Gasteiger partial charge in [-0.2, -0.15) is 5.10 Å². The molecule has 106 valence electrons. The molecule has 0 atom stereocenters. The van der Waals surface area contributed by atoms with Crippen LogP contribution in [-0.4, -0.2) is 34.8 Å². The Morgan fingerprint density at radius 1 is 1.58 bits per heavy atom. The van der Waals surface area contributed by atoms with Gasteiger partial charge < -0.3 is 5.11 Å². The van der Waals surface area contributed by atoms with E-state index in [0.717, 1.165) is 19.3 Å². The van der Waals surface area contributed by atoms with Crippen LogP contribution in [0.25, 0.3) is 0 Å². The highest BCUT2D eigenvalue weighted by Crippen LogP contribution is 2.32. The maximum atomic E-state index is 12.1. The zero-order chi connectivity index (χ0) is 14.1. The summed E-state index contributed by atoms with van der Waals surface area (Å²) in [6.07, 6.45) is 5.20. The van der Waals surface area contributed by atoms with Crippen molar-refractivity contribution < 1.29 is 18.3 Å². The Kier molecular flexibility index (Phi) is 3.64. The van der Waals surface area contributed by atoms with Gasteiger partial charge in [-0.05, 0) is 26.2 Å². The fourth-order valence-electron chi connectivity index (χ4n) is 2.01. The van der Waals surface area contributed by atoms with Gasteiger partial charge in [-0.3, -0.25) is 9.48 Å². The Morgan fingerprint density at radius 3 is 2.79 bits per heavy atom. The number of rotatable bonds is 6. The van der Waals surface area contributed by atoms with Gasteiger partial charge in [0.1, 0.15) is 4.90 Å². The Morgan fingerprint density at radius 2 is 2.26 bits per heavy atom. The van der Waals surface area contributed by atoms with E-state index in [9.17, 15) is 13.2 Å². The van der Waals surface area contributed by atoms with Gasteiger partial charge in [-0.25, -0.2) is 13.1 Å². The van der Waals surface area contributed by atoms with Crippen molar-refractivity contribution in [1.29, 1.82) is 0 Å². The van der Waals surface area contributed by atoms with E-state index in [1.165, 1.54) is 17.1 Å². The number of carboxylic acids is 1. The molecule has 0 unspecified atom stereocenters. The van der Waals surface area contributed by atoms with Crippen LogP contribution >= 0.6 is 0 Å². The summed E-state index contributed by atoms with van der Waals surface area (Å²) in [7, 11) is -3.58. The number of nitrogens with one attached hydrogen (secondary N) is 1. The average Bonchev–Trinajstić information content (AvgIpc) is 2.73. The second-order valence-corrected chi connectivity index (χ2v) is 6.78. The average molecular weight is 287 g/mol. The number of hydrogen-bond donors (Lipinski definition) is 2. The highest BCUT2D eigenvalue weighted by Gasteiger charge is 2.36. The molecule has 0 saturated heterocycles. The summed E-state index contributed by atoms with van der Waals surface area (Å²) in [4.78, 5) is 10.5. The van der Waals surface area contributed by atoms with Crippen molar-refractivity contribution in [2.24, 2.45) is 0 Å². The van der Waals surface area contributed by atoms with Gasteiger partial charge in [-0.1, -0.05) is 0 Å². The van der Waals surface area contributed by atoms with Crippen molar-refractivity contribution in [2.75, 3.05) is 0 Å². The molecule has 1 saturated carbocycles. The zero-order valence-corrected chi connectivity index (χ0v) is 11.5. The van der Waals surface area contributed by atoms with E-state index >= 15 is 0 Å². The summed E-state index contributed by atoms with van der Waals surface area (Å²) in [5, 5.41) is 12.4. The minimum atomic E-state index is -3.58. The van der Waals surface area contributed by atoms with Crippen molar-refractivity contribution in [1.82, 2.24) is 14.5 Å². The number of sulfonamides is 1. The molecule has 19 heavy (non-hydrogen) atoms. The number of aryl methyl sites for hydroxylation is 1. The van der Waals surface area contributed by atoms with E-state index in [4.69, 9.17) is 5.11 Å². The smallest absolute Gasteiger partial charge is 0.305 e. The molecule has 1 fully saturated rings. The lowest BCUT2D eigenvalue weighted by Gasteiger charge is -2.38. The third-order valence-corrected chi connectivity index (χ3v) is 4.91. The Labute approximate surface area is 111 Å². The minimum absolute atomic E-state index is 0.0750. The van der Waals surface area contributed by atoms with Crippen LogP contribution in [0.5, 0.6) is 0 Å². The molecule has 0 radical (unpaired) electrons. The fourth-order valence-corrected chi connectivity index (χ4v) is 3.43. The lowest BCUT2D eigenvalue weighted by Crippen LogP contribution is -2.50.